The molecule has 1 aliphatic carbocycles. The Morgan fingerprint density at radius 1 is 1.42 bits per heavy atom. The zero-order valence-corrected chi connectivity index (χ0v) is 11.9. The number of nitrogens with one attached hydrogen (secondary N) is 1. The molecule has 2 rings (SSSR count). The van der Waals surface area contributed by atoms with Gasteiger partial charge in [-0.1, -0.05) is 32.8 Å². The minimum absolute atomic E-state index is 0.0112. The van der Waals surface area contributed by atoms with Crippen molar-refractivity contribution in [3.63, 3.8) is 0 Å². The molecule has 2 amide bonds. The number of hydrogen-bond acceptors (Lipinski definition) is 2. The summed E-state index contributed by atoms with van der Waals surface area (Å²) in [4.78, 5) is 26.9. The molecule has 0 aromatic carbocycles. The van der Waals surface area contributed by atoms with Crippen LogP contribution in [0.15, 0.2) is 12.7 Å². The van der Waals surface area contributed by atoms with Crippen LogP contribution in [0.3, 0.4) is 0 Å². The van der Waals surface area contributed by atoms with Gasteiger partial charge in [-0.15, -0.1) is 6.58 Å². The predicted molar refractivity (Wildman–Crippen MR) is 74.5 cm³/mol. The smallest absolute Gasteiger partial charge is 0.249 e. The molecular formula is C15H24N2O2. The van der Waals surface area contributed by atoms with Crippen LogP contribution in [0.1, 0.15) is 46.0 Å². The lowest BCUT2D eigenvalue weighted by atomic mass is 9.88. The summed E-state index contributed by atoms with van der Waals surface area (Å²) in [5, 5.41) is 3.02. The summed E-state index contributed by atoms with van der Waals surface area (Å²) >= 11 is 0. The van der Waals surface area contributed by atoms with E-state index in [1.165, 1.54) is 0 Å². The van der Waals surface area contributed by atoms with Crippen LogP contribution in [0.2, 0.25) is 0 Å². The Kier molecular flexibility index (Phi) is 3.97. The van der Waals surface area contributed by atoms with Crippen LogP contribution >= 0.6 is 0 Å². The third kappa shape index (κ3) is 2.53. The van der Waals surface area contributed by atoms with E-state index in [9.17, 15) is 9.59 Å². The van der Waals surface area contributed by atoms with Gasteiger partial charge >= 0.3 is 0 Å². The maximum atomic E-state index is 12.7. The van der Waals surface area contributed by atoms with Gasteiger partial charge < -0.3 is 10.2 Å². The second-order valence-corrected chi connectivity index (χ2v) is 6.17. The summed E-state index contributed by atoms with van der Waals surface area (Å²) in [6, 6.07) is -0.336. The first kappa shape index (κ1) is 14.1. The van der Waals surface area contributed by atoms with Gasteiger partial charge in [0.25, 0.3) is 0 Å². The summed E-state index contributed by atoms with van der Waals surface area (Å²) < 4.78 is 0. The van der Waals surface area contributed by atoms with Gasteiger partial charge in [0, 0.05) is 6.54 Å². The molecule has 1 saturated carbocycles. The molecule has 0 aromatic heterocycles. The van der Waals surface area contributed by atoms with E-state index in [1.807, 2.05) is 0 Å². The van der Waals surface area contributed by atoms with Crippen LogP contribution in [-0.4, -0.2) is 34.8 Å². The minimum Gasteiger partial charge on any atom is -0.340 e. The van der Waals surface area contributed by atoms with Crippen molar-refractivity contribution in [3.8, 4) is 0 Å². The Labute approximate surface area is 115 Å². The van der Waals surface area contributed by atoms with Gasteiger partial charge in [0.2, 0.25) is 11.8 Å². The average Bonchev–Trinajstić information content (AvgIpc) is 2.80. The maximum Gasteiger partial charge on any atom is 0.249 e. The van der Waals surface area contributed by atoms with E-state index in [2.05, 4.69) is 25.7 Å². The molecule has 1 aliphatic heterocycles. The van der Waals surface area contributed by atoms with Crippen molar-refractivity contribution in [3.05, 3.63) is 12.7 Å². The summed E-state index contributed by atoms with van der Waals surface area (Å²) in [5.74, 6) is 0.487. The fourth-order valence-corrected chi connectivity index (χ4v) is 3.28. The zero-order valence-electron chi connectivity index (χ0n) is 11.9. The van der Waals surface area contributed by atoms with Crippen LogP contribution in [-0.2, 0) is 9.59 Å². The van der Waals surface area contributed by atoms with Crippen molar-refractivity contribution >= 4 is 11.8 Å². The highest BCUT2D eigenvalue weighted by Gasteiger charge is 2.51. The molecule has 0 radical (unpaired) electrons. The lowest BCUT2D eigenvalue weighted by Crippen LogP contribution is -2.69. The average molecular weight is 264 g/mol. The third-order valence-electron chi connectivity index (χ3n) is 4.19. The van der Waals surface area contributed by atoms with Crippen molar-refractivity contribution < 1.29 is 9.59 Å². The molecule has 2 aliphatic rings. The number of nitrogens with zero attached hydrogens (tertiary/aromatic N) is 1. The quantitative estimate of drug-likeness (QED) is 0.788. The summed E-state index contributed by atoms with van der Waals surface area (Å²) in [5.41, 5.74) is -0.617. The topological polar surface area (TPSA) is 49.4 Å². The van der Waals surface area contributed by atoms with E-state index in [-0.39, 0.29) is 17.9 Å². The van der Waals surface area contributed by atoms with Gasteiger partial charge in [-0.2, -0.15) is 0 Å². The highest BCUT2D eigenvalue weighted by Crippen LogP contribution is 2.35. The Morgan fingerprint density at radius 3 is 2.58 bits per heavy atom. The molecule has 4 heteroatoms. The molecule has 1 saturated heterocycles. The van der Waals surface area contributed by atoms with E-state index in [1.54, 1.807) is 11.0 Å². The monoisotopic (exact) mass is 264 g/mol. The second kappa shape index (κ2) is 5.35. The van der Waals surface area contributed by atoms with Crippen LogP contribution in [0.25, 0.3) is 0 Å². The fourth-order valence-electron chi connectivity index (χ4n) is 3.28. The first-order valence-electron chi connectivity index (χ1n) is 7.24. The van der Waals surface area contributed by atoms with Crippen LogP contribution in [0.4, 0.5) is 0 Å². The van der Waals surface area contributed by atoms with E-state index in [4.69, 9.17) is 0 Å². The number of piperazine rings is 1. The van der Waals surface area contributed by atoms with Crippen LogP contribution in [0, 0.1) is 5.92 Å². The van der Waals surface area contributed by atoms with Gasteiger partial charge in [-0.05, 0) is 25.2 Å². The van der Waals surface area contributed by atoms with E-state index >= 15 is 0 Å². The molecule has 19 heavy (non-hydrogen) atoms. The molecule has 4 nitrogen and oxygen atoms in total. The first-order chi connectivity index (χ1) is 9.00. The van der Waals surface area contributed by atoms with Crippen molar-refractivity contribution in [2.75, 3.05) is 6.54 Å². The molecule has 1 atom stereocenters. The minimum atomic E-state index is -0.617. The SMILES string of the molecule is C=CCN1C(=O)C2(CCCC2)NC(=O)C1CC(C)C. The standard InChI is InChI=1S/C15H24N2O2/c1-4-9-17-12(10-11(2)3)13(18)16-15(14(17)19)7-5-6-8-15/h4,11-12H,1,5-10H2,2-3H3,(H,16,18). The number of hydrogen-bond donors (Lipinski definition) is 1. The van der Waals surface area contributed by atoms with Crippen LogP contribution in [0.5, 0.6) is 0 Å². The third-order valence-corrected chi connectivity index (χ3v) is 4.19. The number of carbonyl (C=O) groups excluding carboxylic acids is 2. The van der Waals surface area contributed by atoms with Gasteiger partial charge in [-0.3, -0.25) is 9.59 Å². The van der Waals surface area contributed by atoms with E-state index in [0.29, 0.717) is 18.9 Å². The van der Waals surface area contributed by atoms with Gasteiger partial charge in [0.1, 0.15) is 11.6 Å². The van der Waals surface area contributed by atoms with Gasteiger partial charge in [-0.25, -0.2) is 0 Å². The summed E-state index contributed by atoms with van der Waals surface area (Å²) in [6.07, 6.45) is 6.01. The lowest BCUT2D eigenvalue weighted by Gasteiger charge is -2.44. The molecular weight excluding hydrogens is 240 g/mol. The lowest BCUT2D eigenvalue weighted by molar-refractivity contribution is -0.154. The van der Waals surface area contributed by atoms with Crippen molar-refractivity contribution in [2.45, 2.75) is 57.5 Å². The molecule has 1 spiro atoms. The highest BCUT2D eigenvalue weighted by atomic mass is 16.2. The van der Waals surface area contributed by atoms with E-state index < -0.39 is 5.54 Å². The van der Waals surface area contributed by atoms with Crippen molar-refractivity contribution in [1.82, 2.24) is 10.2 Å². The Hall–Kier alpha value is -1.32. The Morgan fingerprint density at radius 2 is 2.05 bits per heavy atom. The number of rotatable bonds is 4. The molecule has 2 fully saturated rings. The molecule has 0 aromatic rings. The first-order valence-corrected chi connectivity index (χ1v) is 7.24. The number of amides is 2. The molecule has 1 heterocycles. The zero-order chi connectivity index (χ0) is 14.0. The molecule has 1 N–H and O–H groups in total. The second-order valence-electron chi connectivity index (χ2n) is 6.17. The Balaban J connectivity index is 2.26. The maximum absolute atomic E-state index is 12.7. The molecule has 106 valence electrons. The normalized spacial score (nSPS) is 26.1. The summed E-state index contributed by atoms with van der Waals surface area (Å²) in [6.45, 7) is 8.33. The number of carbonyl (C=O) groups is 2. The van der Waals surface area contributed by atoms with Crippen molar-refractivity contribution in [1.29, 1.82) is 0 Å². The van der Waals surface area contributed by atoms with Gasteiger partial charge in [0.15, 0.2) is 0 Å². The highest BCUT2D eigenvalue weighted by molar-refractivity contribution is 6.00. The summed E-state index contributed by atoms with van der Waals surface area (Å²) in [7, 11) is 0. The molecule has 1 unspecified atom stereocenters. The van der Waals surface area contributed by atoms with E-state index in [0.717, 1.165) is 25.7 Å². The van der Waals surface area contributed by atoms with Gasteiger partial charge in [0.05, 0.1) is 0 Å². The molecule has 0 bridgehead atoms. The Bertz CT molecular complexity index is 384. The largest absolute Gasteiger partial charge is 0.340 e. The fraction of sp³-hybridized carbons (Fsp3) is 0.733. The predicted octanol–water partition coefficient (Wildman–Crippen LogP) is 1.86. The van der Waals surface area contributed by atoms with Crippen LogP contribution < -0.4 is 5.32 Å². The van der Waals surface area contributed by atoms with Crippen molar-refractivity contribution in [2.24, 2.45) is 5.92 Å².